The molecule has 3 aliphatic rings. The Morgan fingerprint density at radius 3 is 2.00 bits per heavy atom. The summed E-state index contributed by atoms with van der Waals surface area (Å²) < 4.78 is 88.4. The Hall–Kier alpha value is -1.92. The third-order valence-corrected chi connectivity index (χ3v) is 8.61. The van der Waals surface area contributed by atoms with Crippen molar-refractivity contribution in [2.45, 2.75) is 90.1 Å². The second-order valence-corrected chi connectivity index (χ2v) is 10.9. The molecule has 0 amide bonds. The first-order valence-electron chi connectivity index (χ1n) is 13.5. The lowest BCUT2D eigenvalue weighted by Gasteiger charge is -2.38. The topological polar surface area (TPSA) is 9.23 Å². The molecule has 0 bridgehead atoms. The SMILES string of the molecule is CCCCC1CCC(C2CCC(C3=CCC(C(F)(F)Oc4cc(F)c(F)c(F)c4)C(F)=C3)CC2)CC1. The van der Waals surface area contributed by atoms with Crippen LogP contribution in [0.1, 0.15) is 84.0 Å². The van der Waals surface area contributed by atoms with Crippen molar-refractivity contribution in [3.63, 3.8) is 0 Å². The van der Waals surface area contributed by atoms with Crippen molar-refractivity contribution in [2.24, 2.45) is 29.6 Å². The molecule has 200 valence electrons. The van der Waals surface area contributed by atoms with Gasteiger partial charge in [0.15, 0.2) is 17.5 Å². The van der Waals surface area contributed by atoms with Crippen molar-refractivity contribution < 1.29 is 31.1 Å². The third kappa shape index (κ3) is 6.31. The number of benzene rings is 1. The molecule has 0 radical (unpaired) electrons. The molecule has 1 atom stereocenters. The van der Waals surface area contributed by atoms with Crippen LogP contribution in [0.25, 0.3) is 0 Å². The van der Waals surface area contributed by atoms with Crippen LogP contribution in [0.2, 0.25) is 0 Å². The fourth-order valence-corrected chi connectivity index (χ4v) is 6.45. The third-order valence-electron chi connectivity index (χ3n) is 8.61. The highest BCUT2D eigenvalue weighted by Crippen LogP contribution is 2.46. The first kappa shape index (κ1) is 27.1. The average Bonchev–Trinajstić information content (AvgIpc) is 2.86. The average molecular weight is 515 g/mol. The van der Waals surface area contributed by atoms with Crippen molar-refractivity contribution in [3.8, 4) is 5.75 Å². The largest absolute Gasteiger partial charge is 0.432 e. The molecule has 0 saturated heterocycles. The van der Waals surface area contributed by atoms with Crippen LogP contribution >= 0.6 is 0 Å². The van der Waals surface area contributed by atoms with Crippen LogP contribution < -0.4 is 4.74 Å². The van der Waals surface area contributed by atoms with E-state index in [1.807, 2.05) is 0 Å². The standard InChI is InChI=1S/C29H36F6O/c1-2-3-4-18-5-7-19(8-6-18)20-9-11-21(12-10-20)22-13-14-24(25(30)15-22)29(34,35)36-23-16-26(31)28(33)27(32)17-23/h13,15-21,24H,2-12,14H2,1H3. The van der Waals surface area contributed by atoms with Gasteiger partial charge in [-0.15, -0.1) is 0 Å². The van der Waals surface area contributed by atoms with Crippen molar-refractivity contribution in [1.29, 1.82) is 0 Å². The van der Waals surface area contributed by atoms with Crippen LogP contribution in [0, 0.1) is 47.0 Å². The fourth-order valence-electron chi connectivity index (χ4n) is 6.45. The van der Waals surface area contributed by atoms with Crippen LogP contribution in [-0.4, -0.2) is 6.11 Å². The number of unbranched alkanes of at least 4 members (excludes halogenated alkanes) is 1. The minimum Gasteiger partial charge on any atom is -0.432 e. The van der Waals surface area contributed by atoms with Gasteiger partial charge in [0.25, 0.3) is 0 Å². The van der Waals surface area contributed by atoms with Crippen molar-refractivity contribution in [3.05, 3.63) is 53.1 Å². The molecular weight excluding hydrogens is 478 g/mol. The lowest BCUT2D eigenvalue weighted by atomic mass is 9.67. The van der Waals surface area contributed by atoms with E-state index in [0.717, 1.165) is 43.1 Å². The molecule has 36 heavy (non-hydrogen) atoms. The second-order valence-electron chi connectivity index (χ2n) is 10.9. The van der Waals surface area contributed by atoms with Gasteiger partial charge in [-0.25, -0.2) is 17.6 Å². The van der Waals surface area contributed by atoms with Crippen LogP contribution in [-0.2, 0) is 0 Å². The number of rotatable bonds is 8. The highest BCUT2D eigenvalue weighted by molar-refractivity contribution is 5.31. The van der Waals surface area contributed by atoms with Crippen molar-refractivity contribution in [1.82, 2.24) is 0 Å². The van der Waals surface area contributed by atoms with Gasteiger partial charge in [0.1, 0.15) is 17.5 Å². The monoisotopic (exact) mass is 514 g/mol. The first-order chi connectivity index (χ1) is 17.2. The summed E-state index contributed by atoms with van der Waals surface area (Å²) in [6, 6.07) is 0.655. The van der Waals surface area contributed by atoms with E-state index in [1.165, 1.54) is 51.0 Å². The number of hydrogen-bond donors (Lipinski definition) is 0. The van der Waals surface area contributed by atoms with Gasteiger partial charge in [-0.3, -0.25) is 0 Å². The van der Waals surface area contributed by atoms with Gasteiger partial charge < -0.3 is 4.74 Å². The highest BCUT2D eigenvalue weighted by Gasteiger charge is 2.46. The van der Waals surface area contributed by atoms with Gasteiger partial charge >= 0.3 is 6.11 Å². The first-order valence-corrected chi connectivity index (χ1v) is 13.5. The molecule has 0 spiro atoms. The van der Waals surface area contributed by atoms with E-state index < -0.39 is 41.1 Å². The van der Waals surface area contributed by atoms with E-state index >= 15 is 0 Å². The molecule has 4 rings (SSSR count). The summed E-state index contributed by atoms with van der Waals surface area (Å²) in [6.45, 7) is 2.24. The minimum atomic E-state index is -4.05. The predicted molar refractivity (Wildman–Crippen MR) is 128 cm³/mol. The lowest BCUT2D eigenvalue weighted by molar-refractivity contribution is -0.210. The zero-order valence-corrected chi connectivity index (χ0v) is 20.9. The Bertz CT molecular complexity index is 932. The Kier molecular flexibility index (Phi) is 8.77. The van der Waals surface area contributed by atoms with E-state index in [2.05, 4.69) is 11.7 Å². The van der Waals surface area contributed by atoms with Crippen LogP contribution in [0.3, 0.4) is 0 Å². The highest BCUT2D eigenvalue weighted by atomic mass is 19.3. The Morgan fingerprint density at radius 1 is 0.861 bits per heavy atom. The van der Waals surface area contributed by atoms with E-state index in [1.54, 1.807) is 6.08 Å². The van der Waals surface area contributed by atoms with E-state index in [-0.39, 0.29) is 12.3 Å². The molecule has 1 nitrogen and oxygen atoms in total. The normalized spacial score (nSPS) is 29.5. The van der Waals surface area contributed by atoms with Crippen LogP contribution in [0.15, 0.2) is 35.7 Å². The number of allylic oxidation sites excluding steroid dienone is 3. The van der Waals surface area contributed by atoms with Gasteiger partial charge in [-0.05, 0) is 80.3 Å². The lowest BCUT2D eigenvalue weighted by Crippen LogP contribution is -2.36. The number of halogens is 6. The van der Waals surface area contributed by atoms with Crippen molar-refractivity contribution in [2.75, 3.05) is 0 Å². The predicted octanol–water partition coefficient (Wildman–Crippen LogP) is 9.68. The van der Waals surface area contributed by atoms with Gasteiger partial charge in [0.05, 0.1) is 0 Å². The molecule has 2 saturated carbocycles. The van der Waals surface area contributed by atoms with Gasteiger partial charge in [-0.2, -0.15) is 8.78 Å². The summed E-state index contributed by atoms with van der Waals surface area (Å²) in [5.41, 5.74) is 0.750. The number of hydrogen-bond acceptors (Lipinski definition) is 1. The zero-order valence-electron chi connectivity index (χ0n) is 20.9. The molecule has 7 heteroatoms. The molecule has 0 heterocycles. The van der Waals surface area contributed by atoms with Crippen molar-refractivity contribution >= 4 is 0 Å². The summed E-state index contributed by atoms with van der Waals surface area (Å²) in [7, 11) is 0. The summed E-state index contributed by atoms with van der Waals surface area (Å²) in [4.78, 5) is 0. The van der Waals surface area contributed by atoms with Gasteiger partial charge in [0, 0.05) is 12.1 Å². The van der Waals surface area contributed by atoms with E-state index in [0.29, 0.717) is 18.1 Å². The smallest absolute Gasteiger partial charge is 0.407 e. The molecule has 3 aliphatic carbocycles. The second kappa shape index (κ2) is 11.6. The van der Waals surface area contributed by atoms with E-state index in [9.17, 15) is 26.3 Å². The summed E-state index contributed by atoms with van der Waals surface area (Å²) in [5.74, 6) is -6.37. The van der Waals surface area contributed by atoms with Crippen LogP contribution in [0.4, 0.5) is 26.3 Å². The van der Waals surface area contributed by atoms with E-state index in [4.69, 9.17) is 0 Å². The maximum absolute atomic E-state index is 14.8. The van der Waals surface area contributed by atoms with Gasteiger partial charge in [0.2, 0.25) is 0 Å². The minimum absolute atomic E-state index is 0.156. The quantitative estimate of drug-likeness (QED) is 0.248. The molecule has 1 unspecified atom stereocenters. The summed E-state index contributed by atoms with van der Waals surface area (Å²) >= 11 is 0. The molecular formula is C29H36F6O. The maximum atomic E-state index is 14.8. The molecule has 1 aromatic carbocycles. The zero-order chi connectivity index (χ0) is 25.9. The Labute approximate surface area is 210 Å². The molecule has 0 N–H and O–H groups in total. The molecule has 1 aromatic rings. The number of ether oxygens (including phenoxy) is 1. The van der Waals surface area contributed by atoms with Gasteiger partial charge in [-0.1, -0.05) is 45.1 Å². The maximum Gasteiger partial charge on any atom is 0.407 e. The number of alkyl halides is 2. The molecule has 0 aliphatic heterocycles. The Morgan fingerprint density at radius 2 is 1.44 bits per heavy atom. The molecule has 0 aromatic heterocycles. The van der Waals surface area contributed by atoms with Crippen LogP contribution in [0.5, 0.6) is 5.75 Å². The summed E-state index contributed by atoms with van der Waals surface area (Å²) in [6.07, 6.45) is 11.7. The fraction of sp³-hybridized carbons (Fsp3) is 0.655. The summed E-state index contributed by atoms with van der Waals surface area (Å²) in [5, 5.41) is 0. The Balaban J connectivity index is 1.29. The molecule has 2 fully saturated rings.